The second kappa shape index (κ2) is 4.23. The molecule has 2 aromatic rings. The zero-order chi connectivity index (χ0) is 12.9. The van der Waals surface area contributed by atoms with Gasteiger partial charge in [0, 0.05) is 13.1 Å². The number of fused-ring (bicyclic) bond motifs is 1. The van der Waals surface area contributed by atoms with Crippen LogP contribution in [0.1, 0.15) is 44.3 Å². The zero-order valence-electron chi connectivity index (χ0n) is 11.2. The van der Waals surface area contributed by atoms with Crippen molar-refractivity contribution in [2.24, 2.45) is 13.0 Å². The summed E-state index contributed by atoms with van der Waals surface area (Å²) in [5, 5.41) is 4.48. The lowest BCUT2D eigenvalue weighted by Gasteiger charge is -2.28. The third-order valence-electron chi connectivity index (χ3n) is 4.14. The monoisotopic (exact) mass is 264 g/mol. The summed E-state index contributed by atoms with van der Waals surface area (Å²) in [4.78, 5) is 3.32. The Balaban J connectivity index is 2.16. The largest absolute Gasteiger partial charge is 0.328 e. The Morgan fingerprint density at radius 2 is 2.17 bits per heavy atom. The van der Waals surface area contributed by atoms with E-state index >= 15 is 0 Å². The van der Waals surface area contributed by atoms with Gasteiger partial charge < -0.3 is 4.98 Å². The number of imidazole rings is 1. The van der Waals surface area contributed by atoms with Crippen LogP contribution in [0.25, 0.3) is 11.2 Å². The minimum Gasteiger partial charge on any atom is -0.328 e. The highest BCUT2D eigenvalue weighted by molar-refractivity contribution is 7.71. The number of rotatable bonds is 1. The molecule has 1 fully saturated rings. The number of nitrogens with zero attached hydrogens (tertiary/aromatic N) is 3. The molecular weight excluding hydrogens is 244 g/mol. The molecule has 0 amide bonds. The van der Waals surface area contributed by atoms with Crippen LogP contribution < -0.4 is 0 Å². The molecule has 0 saturated heterocycles. The summed E-state index contributed by atoms with van der Waals surface area (Å²) >= 11 is 5.51. The van der Waals surface area contributed by atoms with Gasteiger partial charge in [0.2, 0.25) is 0 Å². The van der Waals surface area contributed by atoms with Crippen LogP contribution in [0.15, 0.2) is 0 Å². The minimum atomic E-state index is 0.532. The highest BCUT2D eigenvalue weighted by atomic mass is 32.1. The Hall–Kier alpha value is -1.10. The SMILES string of the molecule is Cc1nn(C)c2c1[nH]c(=S)n2C1CCCC(C)C1. The second-order valence-corrected chi connectivity index (χ2v) is 6.02. The molecule has 5 heteroatoms. The van der Waals surface area contributed by atoms with Crippen LogP contribution >= 0.6 is 12.2 Å². The highest BCUT2D eigenvalue weighted by Crippen LogP contribution is 2.34. The number of aromatic amines is 1. The van der Waals surface area contributed by atoms with Gasteiger partial charge in [0.1, 0.15) is 5.52 Å². The van der Waals surface area contributed by atoms with Crippen LogP contribution in [0, 0.1) is 17.6 Å². The molecule has 98 valence electrons. The van der Waals surface area contributed by atoms with Crippen LogP contribution in [0.2, 0.25) is 0 Å². The first-order chi connectivity index (χ1) is 8.58. The van der Waals surface area contributed by atoms with E-state index in [0.29, 0.717) is 6.04 Å². The summed E-state index contributed by atoms with van der Waals surface area (Å²) in [6, 6.07) is 0.532. The summed E-state index contributed by atoms with van der Waals surface area (Å²) in [6.45, 7) is 4.37. The average molecular weight is 264 g/mol. The maximum Gasteiger partial charge on any atom is 0.179 e. The van der Waals surface area contributed by atoms with Crippen molar-refractivity contribution in [3.05, 3.63) is 10.5 Å². The predicted molar refractivity (Wildman–Crippen MR) is 75.3 cm³/mol. The summed E-state index contributed by atoms with van der Waals surface area (Å²) in [5.41, 5.74) is 3.28. The third kappa shape index (κ3) is 1.72. The van der Waals surface area contributed by atoms with E-state index in [1.54, 1.807) is 0 Å². The smallest absolute Gasteiger partial charge is 0.179 e. The van der Waals surface area contributed by atoms with Crippen LogP contribution in [-0.4, -0.2) is 19.3 Å². The Morgan fingerprint density at radius 1 is 1.39 bits per heavy atom. The molecular formula is C13H20N4S. The van der Waals surface area contributed by atoms with Crippen LogP contribution in [0.3, 0.4) is 0 Å². The van der Waals surface area contributed by atoms with E-state index in [2.05, 4.69) is 21.6 Å². The van der Waals surface area contributed by atoms with E-state index in [9.17, 15) is 0 Å². The van der Waals surface area contributed by atoms with Crippen molar-refractivity contribution >= 4 is 23.4 Å². The van der Waals surface area contributed by atoms with Crippen molar-refractivity contribution in [3.8, 4) is 0 Å². The minimum absolute atomic E-state index is 0.532. The third-order valence-corrected chi connectivity index (χ3v) is 4.44. The first-order valence-corrected chi connectivity index (χ1v) is 7.12. The quantitative estimate of drug-likeness (QED) is 0.801. The number of hydrogen-bond acceptors (Lipinski definition) is 2. The molecule has 0 spiro atoms. The molecule has 1 aliphatic rings. The second-order valence-electron chi connectivity index (χ2n) is 5.63. The van der Waals surface area contributed by atoms with Crippen LogP contribution in [0.5, 0.6) is 0 Å². The van der Waals surface area contributed by atoms with Gasteiger partial charge in [-0.2, -0.15) is 5.10 Å². The molecule has 1 N–H and O–H groups in total. The van der Waals surface area contributed by atoms with E-state index < -0.39 is 0 Å². The molecule has 0 radical (unpaired) electrons. The lowest BCUT2D eigenvalue weighted by atomic mass is 9.87. The molecule has 2 unspecified atom stereocenters. The van der Waals surface area contributed by atoms with Crippen molar-refractivity contribution in [3.63, 3.8) is 0 Å². The molecule has 4 nitrogen and oxygen atoms in total. The van der Waals surface area contributed by atoms with Gasteiger partial charge in [0.25, 0.3) is 0 Å². The fourth-order valence-electron chi connectivity index (χ4n) is 3.31. The number of hydrogen-bond donors (Lipinski definition) is 1. The molecule has 0 aliphatic heterocycles. The van der Waals surface area contributed by atoms with Gasteiger partial charge in [-0.15, -0.1) is 0 Å². The number of aryl methyl sites for hydroxylation is 2. The summed E-state index contributed by atoms with van der Waals surface area (Å²) in [5.74, 6) is 0.796. The van der Waals surface area contributed by atoms with Gasteiger partial charge in [-0.1, -0.05) is 19.8 Å². The van der Waals surface area contributed by atoms with Crippen molar-refractivity contribution in [1.82, 2.24) is 19.3 Å². The van der Waals surface area contributed by atoms with Crippen LogP contribution in [0.4, 0.5) is 0 Å². The summed E-state index contributed by atoms with van der Waals surface area (Å²) < 4.78 is 5.09. The first kappa shape index (κ1) is 12.0. The predicted octanol–water partition coefficient (Wildman–Crippen LogP) is 3.49. The molecule has 2 atom stereocenters. The van der Waals surface area contributed by atoms with Crippen molar-refractivity contribution in [2.45, 2.75) is 45.6 Å². The zero-order valence-corrected chi connectivity index (χ0v) is 12.0. The van der Waals surface area contributed by atoms with Gasteiger partial charge in [-0.05, 0) is 37.9 Å². The molecule has 18 heavy (non-hydrogen) atoms. The van der Waals surface area contributed by atoms with E-state index in [0.717, 1.165) is 27.5 Å². The highest BCUT2D eigenvalue weighted by Gasteiger charge is 2.24. The van der Waals surface area contributed by atoms with Crippen molar-refractivity contribution in [2.75, 3.05) is 0 Å². The standard InChI is InChI=1S/C13H20N4S/c1-8-5-4-6-10(7-8)17-12-11(14-13(17)18)9(2)15-16(12)3/h8,10H,4-7H2,1-3H3,(H,14,18). The van der Waals surface area contributed by atoms with Gasteiger partial charge in [-0.3, -0.25) is 9.25 Å². The molecule has 3 rings (SSSR count). The van der Waals surface area contributed by atoms with Gasteiger partial charge >= 0.3 is 0 Å². The fraction of sp³-hybridized carbons (Fsp3) is 0.692. The fourth-order valence-corrected chi connectivity index (χ4v) is 3.65. The molecule has 0 bridgehead atoms. The normalized spacial score (nSPS) is 24.8. The van der Waals surface area contributed by atoms with Gasteiger partial charge in [-0.25, -0.2) is 0 Å². The Morgan fingerprint density at radius 3 is 2.89 bits per heavy atom. The Kier molecular flexibility index (Phi) is 2.81. The molecule has 2 heterocycles. The topological polar surface area (TPSA) is 38.5 Å². The average Bonchev–Trinajstić information content (AvgIpc) is 2.78. The summed E-state index contributed by atoms with van der Waals surface area (Å²) in [7, 11) is 2.00. The van der Waals surface area contributed by atoms with Gasteiger partial charge in [0.15, 0.2) is 10.4 Å². The maximum absolute atomic E-state index is 5.51. The van der Waals surface area contributed by atoms with E-state index in [1.807, 2.05) is 18.7 Å². The van der Waals surface area contributed by atoms with Crippen molar-refractivity contribution in [1.29, 1.82) is 0 Å². The van der Waals surface area contributed by atoms with Crippen LogP contribution in [-0.2, 0) is 7.05 Å². The van der Waals surface area contributed by atoms with E-state index in [1.165, 1.54) is 25.7 Å². The van der Waals surface area contributed by atoms with Gasteiger partial charge in [0.05, 0.1) is 5.69 Å². The first-order valence-electron chi connectivity index (χ1n) is 6.71. The number of aromatic nitrogens is 4. The lowest BCUT2D eigenvalue weighted by molar-refractivity contribution is 0.283. The molecule has 0 aromatic carbocycles. The molecule has 1 saturated carbocycles. The Labute approximate surface area is 112 Å². The molecule has 2 aromatic heterocycles. The number of nitrogens with one attached hydrogen (secondary N) is 1. The lowest BCUT2D eigenvalue weighted by Crippen LogP contribution is -2.18. The maximum atomic E-state index is 5.51. The van der Waals surface area contributed by atoms with E-state index in [4.69, 9.17) is 12.2 Å². The summed E-state index contributed by atoms with van der Waals surface area (Å²) in [6.07, 6.45) is 5.11. The molecule has 1 aliphatic carbocycles. The Bertz CT molecular complexity index is 633. The number of H-pyrrole nitrogens is 1. The van der Waals surface area contributed by atoms with Crippen molar-refractivity contribution < 1.29 is 0 Å². The van der Waals surface area contributed by atoms with E-state index in [-0.39, 0.29) is 0 Å².